The van der Waals surface area contributed by atoms with Crippen molar-refractivity contribution in [3.8, 4) is 0 Å². The highest BCUT2D eigenvalue weighted by atomic mass is 32.1. The van der Waals surface area contributed by atoms with E-state index in [9.17, 15) is 9.18 Å². The number of hydrogen-bond acceptors (Lipinski definition) is 4. The number of aryl methyl sites for hydroxylation is 1. The molecule has 4 rings (SSSR count). The van der Waals surface area contributed by atoms with E-state index in [4.69, 9.17) is 4.98 Å². The minimum atomic E-state index is -0.251. The summed E-state index contributed by atoms with van der Waals surface area (Å²) in [5, 5.41) is 0. The van der Waals surface area contributed by atoms with Crippen LogP contribution in [0.5, 0.6) is 0 Å². The number of aromatic nitrogens is 2. The Balaban J connectivity index is 1.69. The Labute approximate surface area is 149 Å². The Bertz CT molecular complexity index is 973. The summed E-state index contributed by atoms with van der Waals surface area (Å²) < 4.78 is 14.9. The van der Waals surface area contributed by atoms with E-state index in [1.54, 1.807) is 33.9 Å². The molecule has 0 bridgehead atoms. The Hall–Kier alpha value is -2.21. The predicted molar refractivity (Wildman–Crippen MR) is 99.2 cm³/mol. The lowest BCUT2D eigenvalue weighted by atomic mass is 10.2. The SMILES string of the molecule is CCN(Cc1cc(=O)n2c(C3CC3)c(C)sc2n1)c1ccc(F)cc1. The Morgan fingerprint density at radius 2 is 2.04 bits per heavy atom. The van der Waals surface area contributed by atoms with Gasteiger partial charge in [-0.15, -0.1) is 11.3 Å². The van der Waals surface area contributed by atoms with E-state index < -0.39 is 0 Å². The van der Waals surface area contributed by atoms with Crippen LogP contribution in [0.25, 0.3) is 4.96 Å². The number of anilines is 1. The van der Waals surface area contributed by atoms with E-state index in [-0.39, 0.29) is 11.4 Å². The molecule has 0 saturated heterocycles. The van der Waals surface area contributed by atoms with E-state index in [0.717, 1.165) is 41.4 Å². The van der Waals surface area contributed by atoms with Gasteiger partial charge in [0, 0.05) is 34.8 Å². The Morgan fingerprint density at radius 1 is 1.32 bits per heavy atom. The van der Waals surface area contributed by atoms with Gasteiger partial charge in [-0.3, -0.25) is 9.20 Å². The van der Waals surface area contributed by atoms with Crippen LogP contribution in [0.15, 0.2) is 35.1 Å². The summed E-state index contributed by atoms with van der Waals surface area (Å²) in [7, 11) is 0. The molecule has 4 nitrogen and oxygen atoms in total. The number of nitrogens with zero attached hydrogens (tertiary/aromatic N) is 3. The van der Waals surface area contributed by atoms with Crippen molar-refractivity contribution in [2.24, 2.45) is 0 Å². The summed E-state index contributed by atoms with van der Waals surface area (Å²) in [6.07, 6.45) is 2.32. The highest BCUT2D eigenvalue weighted by Crippen LogP contribution is 2.43. The van der Waals surface area contributed by atoms with Crippen LogP contribution in [0.3, 0.4) is 0 Å². The highest BCUT2D eigenvalue weighted by Gasteiger charge is 2.30. The lowest BCUT2D eigenvalue weighted by Gasteiger charge is -2.22. The average Bonchev–Trinajstić information content (AvgIpc) is 3.36. The van der Waals surface area contributed by atoms with E-state index in [2.05, 4.69) is 11.8 Å². The zero-order valence-corrected chi connectivity index (χ0v) is 15.1. The number of benzene rings is 1. The van der Waals surface area contributed by atoms with Gasteiger partial charge < -0.3 is 4.90 Å². The topological polar surface area (TPSA) is 37.6 Å². The van der Waals surface area contributed by atoms with Crippen LogP contribution in [-0.2, 0) is 6.54 Å². The van der Waals surface area contributed by atoms with Gasteiger partial charge in [-0.25, -0.2) is 9.37 Å². The third kappa shape index (κ3) is 3.06. The summed E-state index contributed by atoms with van der Waals surface area (Å²) >= 11 is 1.59. The largest absolute Gasteiger partial charge is 0.366 e. The molecule has 3 aromatic rings. The molecular weight excluding hydrogens is 337 g/mol. The molecule has 1 fully saturated rings. The fourth-order valence-corrected chi connectivity index (χ4v) is 4.36. The lowest BCUT2D eigenvalue weighted by Crippen LogP contribution is -2.25. The van der Waals surface area contributed by atoms with Crippen LogP contribution >= 0.6 is 11.3 Å². The van der Waals surface area contributed by atoms with Crippen LogP contribution in [0.2, 0.25) is 0 Å². The van der Waals surface area contributed by atoms with Crippen molar-refractivity contribution in [1.82, 2.24) is 9.38 Å². The van der Waals surface area contributed by atoms with Gasteiger partial charge in [0.2, 0.25) is 0 Å². The first-order valence-corrected chi connectivity index (χ1v) is 9.41. The van der Waals surface area contributed by atoms with Crippen LogP contribution in [0.4, 0.5) is 10.1 Å². The fraction of sp³-hybridized carbons (Fsp3) is 0.368. The number of hydrogen-bond donors (Lipinski definition) is 0. The molecule has 0 spiro atoms. The van der Waals surface area contributed by atoms with E-state index in [0.29, 0.717) is 12.5 Å². The van der Waals surface area contributed by atoms with Crippen LogP contribution in [-0.4, -0.2) is 15.9 Å². The predicted octanol–water partition coefficient (Wildman–Crippen LogP) is 4.11. The molecule has 130 valence electrons. The molecular formula is C19H20FN3OS. The Morgan fingerprint density at radius 3 is 2.68 bits per heavy atom. The van der Waals surface area contributed by atoms with Crippen molar-refractivity contribution in [2.45, 2.75) is 39.2 Å². The summed E-state index contributed by atoms with van der Waals surface area (Å²) in [6.45, 7) is 5.39. The zero-order chi connectivity index (χ0) is 17.6. The third-order valence-electron chi connectivity index (χ3n) is 4.68. The van der Waals surface area contributed by atoms with E-state index in [1.165, 1.54) is 17.0 Å². The molecule has 1 aliphatic carbocycles. The second-order valence-corrected chi connectivity index (χ2v) is 7.69. The highest BCUT2D eigenvalue weighted by molar-refractivity contribution is 7.17. The summed E-state index contributed by atoms with van der Waals surface area (Å²) in [4.78, 5) is 21.5. The molecule has 2 heterocycles. The number of fused-ring (bicyclic) bond motifs is 1. The second-order valence-electron chi connectivity index (χ2n) is 6.51. The summed E-state index contributed by atoms with van der Waals surface area (Å²) in [5.74, 6) is 0.268. The zero-order valence-electron chi connectivity index (χ0n) is 14.3. The summed E-state index contributed by atoms with van der Waals surface area (Å²) in [6, 6.07) is 8.05. The minimum absolute atomic E-state index is 0.00130. The van der Waals surface area contributed by atoms with Crippen LogP contribution in [0.1, 0.15) is 41.9 Å². The first-order chi connectivity index (χ1) is 12.1. The van der Waals surface area contributed by atoms with Crippen molar-refractivity contribution >= 4 is 22.0 Å². The van der Waals surface area contributed by atoms with Gasteiger partial charge in [0.15, 0.2) is 4.96 Å². The van der Waals surface area contributed by atoms with Gasteiger partial charge in [0.1, 0.15) is 5.82 Å². The van der Waals surface area contributed by atoms with Crippen molar-refractivity contribution in [2.75, 3.05) is 11.4 Å². The van der Waals surface area contributed by atoms with Gasteiger partial charge in [0.05, 0.1) is 12.2 Å². The molecule has 1 saturated carbocycles. The summed E-state index contributed by atoms with van der Waals surface area (Å²) in [5.41, 5.74) is 2.82. The maximum Gasteiger partial charge on any atom is 0.259 e. The number of rotatable bonds is 5. The molecule has 2 aromatic heterocycles. The standard InChI is InChI=1S/C19H20FN3OS/c1-3-22(16-8-6-14(20)7-9-16)11-15-10-17(24)23-18(13-4-5-13)12(2)25-19(23)21-15/h6-10,13H,3-5,11H2,1-2H3. The maximum atomic E-state index is 13.1. The maximum absolute atomic E-state index is 13.1. The molecule has 0 N–H and O–H groups in total. The normalized spacial score (nSPS) is 14.2. The van der Waals surface area contributed by atoms with E-state index in [1.807, 2.05) is 6.92 Å². The number of thiazole rings is 1. The molecule has 6 heteroatoms. The fourth-order valence-electron chi connectivity index (χ4n) is 3.28. The second kappa shape index (κ2) is 6.26. The quantitative estimate of drug-likeness (QED) is 0.690. The molecule has 0 radical (unpaired) electrons. The molecule has 25 heavy (non-hydrogen) atoms. The molecule has 0 atom stereocenters. The van der Waals surface area contributed by atoms with Gasteiger partial charge in [0.25, 0.3) is 5.56 Å². The smallest absolute Gasteiger partial charge is 0.259 e. The monoisotopic (exact) mass is 357 g/mol. The van der Waals surface area contributed by atoms with Crippen molar-refractivity contribution in [3.05, 3.63) is 62.8 Å². The van der Waals surface area contributed by atoms with Crippen molar-refractivity contribution in [3.63, 3.8) is 0 Å². The molecule has 0 aliphatic heterocycles. The van der Waals surface area contributed by atoms with Gasteiger partial charge >= 0.3 is 0 Å². The molecule has 0 amide bonds. The molecule has 1 aliphatic rings. The Kier molecular flexibility index (Phi) is 4.07. The van der Waals surface area contributed by atoms with Crippen LogP contribution in [0, 0.1) is 12.7 Å². The van der Waals surface area contributed by atoms with Crippen LogP contribution < -0.4 is 10.5 Å². The lowest BCUT2D eigenvalue weighted by molar-refractivity contribution is 0.627. The number of halogens is 1. The van der Waals surface area contributed by atoms with E-state index >= 15 is 0 Å². The first-order valence-electron chi connectivity index (χ1n) is 8.59. The van der Waals surface area contributed by atoms with Gasteiger partial charge in [-0.1, -0.05) is 0 Å². The van der Waals surface area contributed by atoms with Crippen molar-refractivity contribution < 1.29 is 4.39 Å². The minimum Gasteiger partial charge on any atom is -0.366 e. The average molecular weight is 357 g/mol. The third-order valence-corrected chi connectivity index (χ3v) is 5.65. The van der Waals surface area contributed by atoms with Gasteiger partial charge in [-0.2, -0.15) is 0 Å². The molecule has 0 unspecified atom stereocenters. The molecule has 1 aromatic carbocycles. The van der Waals surface area contributed by atoms with Gasteiger partial charge in [-0.05, 0) is 51.0 Å². The first kappa shape index (κ1) is 16.3. The van der Waals surface area contributed by atoms with Crippen molar-refractivity contribution in [1.29, 1.82) is 0 Å².